The van der Waals surface area contributed by atoms with E-state index in [1.54, 1.807) is 18.3 Å². The molecule has 0 saturated heterocycles. The summed E-state index contributed by atoms with van der Waals surface area (Å²) in [6.07, 6.45) is 1.61. The van der Waals surface area contributed by atoms with Gasteiger partial charge >= 0.3 is 0 Å². The van der Waals surface area contributed by atoms with Crippen LogP contribution >= 0.6 is 27.5 Å². The van der Waals surface area contributed by atoms with E-state index in [0.29, 0.717) is 16.7 Å². The monoisotopic (exact) mass is 283 g/mol. The zero-order valence-electron chi connectivity index (χ0n) is 7.61. The van der Waals surface area contributed by atoms with Gasteiger partial charge in [0.25, 0.3) is 0 Å². The van der Waals surface area contributed by atoms with Crippen LogP contribution in [0.4, 0.5) is 5.82 Å². The Morgan fingerprint density at radius 3 is 2.80 bits per heavy atom. The van der Waals surface area contributed by atoms with Crippen LogP contribution < -0.4 is 5.73 Å². The highest BCUT2D eigenvalue weighted by atomic mass is 79.9. The topological polar surface area (TPSA) is 51.8 Å². The molecule has 0 aliphatic rings. The molecule has 15 heavy (non-hydrogen) atoms. The Morgan fingerprint density at radius 2 is 2.07 bits per heavy atom. The van der Waals surface area contributed by atoms with Gasteiger partial charge in [0.15, 0.2) is 5.82 Å². The van der Waals surface area contributed by atoms with Crippen LogP contribution in [-0.2, 0) is 0 Å². The second-order valence-corrected chi connectivity index (χ2v) is 4.25. The highest BCUT2D eigenvalue weighted by molar-refractivity contribution is 9.10. The Kier molecular flexibility index (Phi) is 2.88. The molecule has 2 rings (SSSR count). The van der Waals surface area contributed by atoms with Crippen LogP contribution in [0, 0.1) is 0 Å². The molecule has 0 atom stereocenters. The van der Waals surface area contributed by atoms with E-state index in [1.807, 2.05) is 12.1 Å². The van der Waals surface area contributed by atoms with Crippen LogP contribution in [0.5, 0.6) is 0 Å². The van der Waals surface area contributed by atoms with Crippen LogP contribution in [0.15, 0.2) is 34.9 Å². The Bertz CT molecular complexity index is 502. The van der Waals surface area contributed by atoms with Gasteiger partial charge in [-0.1, -0.05) is 27.5 Å². The van der Waals surface area contributed by atoms with Gasteiger partial charge in [-0.15, -0.1) is 0 Å². The normalized spacial score (nSPS) is 10.3. The summed E-state index contributed by atoms with van der Waals surface area (Å²) in [7, 11) is 0. The van der Waals surface area contributed by atoms with Crippen molar-refractivity contribution in [3.05, 3.63) is 40.0 Å². The van der Waals surface area contributed by atoms with Crippen molar-refractivity contribution < 1.29 is 0 Å². The average Bonchev–Trinajstić information content (AvgIpc) is 2.22. The summed E-state index contributed by atoms with van der Waals surface area (Å²) in [5.41, 5.74) is 6.34. The number of nitrogens with zero attached hydrogens (tertiary/aromatic N) is 2. The van der Waals surface area contributed by atoms with E-state index >= 15 is 0 Å². The number of halogens is 2. The van der Waals surface area contributed by atoms with Gasteiger partial charge in [-0.3, -0.25) is 0 Å². The molecule has 1 aromatic carbocycles. The van der Waals surface area contributed by atoms with E-state index in [4.69, 9.17) is 17.3 Å². The van der Waals surface area contributed by atoms with Gasteiger partial charge in [0.1, 0.15) is 5.82 Å². The van der Waals surface area contributed by atoms with Crippen LogP contribution in [-0.4, -0.2) is 9.97 Å². The van der Waals surface area contributed by atoms with E-state index < -0.39 is 0 Å². The first-order valence-corrected chi connectivity index (χ1v) is 5.38. The summed E-state index contributed by atoms with van der Waals surface area (Å²) >= 11 is 9.41. The molecule has 0 radical (unpaired) electrons. The maximum absolute atomic E-state index is 6.04. The fourth-order valence-corrected chi connectivity index (χ4v) is 1.73. The number of nitrogen functional groups attached to an aromatic ring is 1. The molecule has 0 amide bonds. The van der Waals surface area contributed by atoms with E-state index in [2.05, 4.69) is 25.9 Å². The number of nitrogens with two attached hydrogens (primary N) is 1. The first-order valence-electron chi connectivity index (χ1n) is 4.21. The summed E-state index contributed by atoms with van der Waals surface area (Å²) in [6, 6.07) is 7.14. The van der Waals surface area contributed by atoms with E-state index in [-0.39, 0.29) is 0 Å². The van der Waals surface area contributed by atoms with Crippen molar-refractivity contribution in [3.8, 4) is 11.4 Å². The van der Waals surface area contributed by atoms with Gasteiger partial charge in [0, 0.05) is 16.2 Å². The Morgan fingerprint density at radius 1 is 1.27 bits per heavy atom. The minimum absolute atomic E-state index is 0.427. The van der Waals surface area contributed by atoms with Crippen LogP contribution in [0.2, 0.25) is 5.02 Å². The van der Waals surface area contributed by atoms with Gasteiger partial charge in [-0.2, -0.15) is 0 Å². The number of hydrogen-bond donors (Lipinski definition) is 1. The van der Waals surface area contributed by atoms with Crippen molar-refractivity contribution in [2.24, 2.45) is 0 Å². The lowest BCUT2D eigenvalue weighted by molar-refractivity contribution is 1.18. The molecule has 0 unspecified atom stereocenters. The SMILES string of the molecule is Nc1ccnc(-c2cc(Br)ccc2Cl)n1. The predicted molar refractivity (Wildman–Crippen MR) is 64.6 cm³/mol. The maximum Gasteiger partial charge on any atom is 0.163 e. The molecule has 3 nitrogen and oxygen atoms in total. The maximum atomic E-state index is 6.04. The van der Waals surface area contributed by atoms with Gasteiger partial charge in [-0.05, 0) is 24.3 Å². The molecule has 0 aliphatic heterocycles. The zero-order valence-corrected chi connectivity index (χ0v) is 9.96. The van der Waals surface area contributed by atoms with E-state index in [9.17, 15) is 0 Å². The lowest BCUT2D eigenvalue weighted by atomic mass is 10.2. The molecule has 76 valence electrons. The lowest BCUT2D eigenvalue weighted by Crippen LogP contribution is -1.94. The highest BCUT2D eigenvalue weighted by Gasteiger charge is 2.06. The molecule has 0 saturated carbocycles. The molecule has 0 aliphatic carbocycles. The third-order valence-electron chi connectivity index (χ3n) is 1.85. The third-order valence-corrected chi connectivity index (χ3v) is 2.67. The Labute approximate surface area is 100 Å². The molecular formula is C10H7BrClN3. The van der Waals surface area contributed by atoms with Crippen LogP contribution in [0.1, 0.15) is 0 Å². The molecule has 5 heteroatoms. The molecule has 2 N–H and O–H groups in total. The smallest absolute Gasteiger partial charge is 0.163 e. The molecule has 0 fully saturated rings. The van der Waals surface area contributed by atoms with Crippen molar-refractivity contribution in [1.29, 1.82) is 0 Å². The van der Waals surface area contributed by atoms with Gasteiger partial charge in [0.05, 0.1) is 5.02 Å². The van der Waals surface area contributed by atoms with Gasteiger partial charge in [0.2, 0.25) is 0 Å². The van der Waals surface area contributed by atoms with Crippen molar-refractivity contribution in [3.63, 3.8) is 0 Å². The minimum Gasteiger partial charge on any atom is -0.384 e. The molecular weight excluding hydrogens is 277 g/mol. The van der Waals surface area contributed by atoms with E-state index in [0.717, 1.165) is 10.0 Å². The predicted octanol–water partition coefficient (Wildman–Crippen LogP) is 3.14. The highest BCUT2D eigenvalue weighted by Crippen LogP contribution is 2.28. The molecule has 2 aromatic rings. The number of aromatic nitrogens is 2. The molecule has 0 bridgehead atoms. The number of anilines is 1. The van der Waals surface area contributed by atoms with Crippen LogP contribution in [0.25, 0.3) is 11.4 Å². The number of benzene rings is 1. The van der Waals surface area contributed by atoms with Gasteiger partial charge in [-0.25, -0.2) is 9.97 Å². The quantitative estimate of drug-likeness (QED) is 0.875. The number of hydrogen-bond acceptors (Lipinski definition) is 3. The third kappa shape index (κ3) is 2.27. The van der Waals surface area contributed by atoms with Crippen molar-refractivity contribution in [2.75, 3.05) is 5.73 Å². The summed E-state index contributed by atoms with van der Waals surface area (Å²) in [6.45, 7) is 0. The van der Waals surface area contributed by atoms with Crippen molar-refractivity contribution in [2.45, 2.75) is 0 Å². The fourth-order valence-electron chi connectivity index (χ4n) is 1.17. The first-order chi connectivity index (χ1) is 7.16. The molecule has 1 aromatic heterocycles. The average molecular weight is 285 g/mol. The standard InChI is InChI=1S/C10H7BrClN3/c11-6-1-2-8(12)7(5-6)10-14-4-3-9(13)15-10/h1-5H,(H2,13,14,15). The summed E-state index contributed by atoms with van der Waals surface area (Å²) < 4.78 is 0.924. The Balaban J connectivity index is 2.58. The zero-order chi connectivity index (χ0) is 10.8. The second-order valence-electron chi connectivity index (χ2n) is 2.93. The second kappa shape index (κ2) is 4.16. The van der Waals surface area contributed by atoms with Gasteiger partial charge < -0.3 is 5.73 Å². The van der Waals surface area contributed by atoms with Crippen molar-refractivity contribution >= 4 is 33.3 Å². The largest absolute Gasteiger partial charge is 0.384 e. The molecule has 1 heterocycles. The molecule has 0 spiro atoms. The summed E-state index contributed by atoms with van der Waals surface area (Å²) in [4.78, 5) is 8.22. The van der Waals surface area contributed by atoms with E-state index in [1.165, 1.54) is 0 Å². The fraction of sp³-hybridized carbons (Fsp3) is 0. The summed E-state index contributed by atoms with van der Waals surface area (Å²) in [5, 5.41) is 0.601. The van der Waals surface area contributed by atoms with Crippen molar-refractivity contribution in [1.82, 2.24) is 9.97 Å². The van der Waals surface area contributed by atoms with Crippen LogP contribution in [0.3, 0.4) is 0 Å². The number of rotatable bonds is 1. The summed E-state index contributed by atoms with van der Waals surface area (Å²) in [5.74, 6) is 0.956. The minimum atomic E-state index is 0.427. The first kappa shape index (κ1) is 10.4. The lowest BCUT2D eigenvalue weighted by Gasteiger charge is -2.03. The Hall–Kier alpha value is -1.13.